The summed E-state index contributed by atoms with van der Waals surface area (Å²) in [5.41, 5.74) is 1.90. The maximum atomic E-state index is 12.4. The average molecular weight is 328 g/mol. The van der Waals surface area contributed by atoms with Gasteiger partial charge in [0.2, 0.25) is 5.91 Å². The van der Waals surface area contributed by atoms with Crippen LogP contribution in [-0.4, -0.2) is 34.7 Å². The van der Waals surface area contributed by atoms with Gasteiger partial charge in [0, 0.05) is 24.2 Å². The number of rotatable bonds is 5. The van der Waals surface area contributed by atoms with Gasteiger partial charge in [-0.25, -0.2) is 0 Å². The molecule has 0 saturated carbocycles. The zero-order valence-electron chi connectivity index (χ0n) is 13.1. The molecule has 1 amide bonds. The van der Waals surface area contributed by atoms with E-state index < -0.39 is 10.8 Å². The molecular formula is C18H20N2O2S. The summed E-state index contributed by atoms with van der Waals surface area (Å²) < 4.78 is 12.4. The second kappa shape index (κ2) is 6.96. The van der Waals surface area contributed by atoms with Crippen molar-refractivity contribution in [3.8, 4) is 0 Å². The zero-order chi connectivity index (χ0) is 16.2. The molecule has 0 radical (unpaired) electrons. The van der Waals surface area contributed by atoms with Gasteiger partial charge in [-0.3, -0.25) is 9.00 Å². The third-order valence-electron chi connectivity index (χ3n) is 4.00. The van der Waals surface area contributed by atoms with Crippen LogP contribution in [0.3, 0.4) is 0 Å². The van der Waals surface area contributed by atoms with Gasteiger partial charge in [0.05, 0.1) is 16.6 Å². The highest BCUT2D eigenvalue weighted by molar-refractivity contribution is 7.84. The summed E-state index contributed by atoms with van der Waals surface area (Å²) >= 11 is 0. The van der Waals surface area contributed by atoms with Crippen molar-refractivity contribution in [1.29, 1.82) is 0 Å². The Kier molecular flexibility index (Phi) is 4.76. The number of hydrogen-bond acceptors (Lipinski definition) is 3. The highest BCUT2D eigenvalue weighted by atomic mass is 32.2. The predicted octanol–water partition coefficient (Wildman–Crippen LogP) is 2.64. The second-order valence-corrected chi connectivity index (χ2v) is 7.20. The molecular weight excluding hydrogens is 308 g/mol. The van der Waals surface area contributed by atoms with E-state index in [4.69, 9.17) is 0 Å². The van der Waals surface area contributed by atoms with Gasteiger partial charge in [0.25, 0.3) is 0 Å². The molecule has 2 atom stereocenters. The Morgan fingerprint density at radius 1 is 1.17 bits per heavy atom. The largest absolute Gasteiger partial charge is 0.374 e. The van der Waals surface area contributed by atoms with Gasteiger partial charge in [-0.1, -0.05) is 30.3 Å². The Labute approximate surface area is 139 Å². The van der Waals surface area contributed by atoms with E-state index in [2.05, 4.69) is 5.32 Å². The van der Waals surface area contributed by atoms with Crippen LogP contribution in [0.5, 0.6) is 0 Å². The monoisotopic (exact) mass is 328 g/mol. The first-order chi connectivity index (χ1) is 11.1. The number of likely N-dealkylation sites (tertiary alicyclic amines) is 1. The number of carbonyl (C=O) groups excluding carboxylic acids is 1. The first-order valence-electron chi connectivity index (χ1n) is 7.67. The van der Waals surface area contributed by atoms with Crippen molar-refractivity contribution in [1.82, 2.24) is 4.90 Å². The molecule has 0 unspecified atom stereocenters. The van der Waals surface area contributed by atoms with E-state index in [0.717, 1.165) is 29.1 Å². The van der Waals surface area contributed by atoms with E-state index >= 15 is 0 Å². The van der Waals surface area contributed by atoms with E-state index in [1.165, 1.54) is 0 Å². The van der Waals surface area contributed by atoms with Crippen LogP contribution in [-0.2, 0) is 21.3 Å². The Hall–Kier alpha value is -2.14. The van der Waals surface area contributed by atoms with Crippen LogP contribution in [0, 0.1) is 0 Å². The van der Waals surface area contributed by atoms with E-state index in [-0.39, 0.29) is 11.9 Å². The lowest BCUT2D eigenvalue weighted by molar-refractivity contribution is -0.127. The minimum atomic E-state index is -1.06. The van der Waals surface area contributed by atoms with Crippen LogP contribution >= 0.6 is 0 Å². The maximum absolute atomic E-state index is 12.4. The molecule has 3 rings (SSSR count). The zero-order valence-corrected chi connectivity index (χ0v) is 13.9. The van der Waals surface area contributed by atoms with Crippen LogP contribution in [0.1, 0.15) is 12.0 Å². The Morgan fingerprint density at radius 3 is 2.65 bits per heavy atom. The van der Waals surface area contributed by atoms with E-state index in [9.17, 15) is 9.00 Å². The van der Waals surface area contributed by atoms with Crippen LogP contribution < -0.4 is 5.32 Å². The number of carbonyl (C=O) groups is 1. The fraction of sp³-hybridized carbons (Fsp3) is 0.278. The summed E-state index contributed by atoms with van der Waals surface area (Å²) in [5, 5.41) is 3.28. The SMILES string of the molecule is CN1CC[C@@H](Nc2cccc(C[S@](=O)c3ccccc3)c2)C1=O. The van der Waals surface area contributed by atoms with E-state index in [1.807, 2.05) is 61.6 Å². The summed E-state index contributed by atoms with van der Waals surface area (Å²) in [6.45, 7) is 0.786. The molecule has 1 N–H and O–H groups in total. The molecule has 2 aromatic rings. The minimum Gasteiger partial charge on any atom is -0.374 e. The van der Waals surface area contributed by atoms with E-state index in [1.54, 1.807) is 4.90 Å². The standard InChI is InChI=1S/C18H20N2O2S/c1-20-11-10-17(18(20)21)19-15-7-5-6-14(12-15)13-23(22)16-8-3-2-4-9-16/h2-9,12,17,19H,10-11,13H2,1H3/t17-,23+/m1/s1. The van der Waals surface area contributed by atoms with Crippen molar-refractivity contribution < 1.29 is 9.00 Å². The van der Waals surface area contributed by atoms with Gasteiger partial charge < -0.3 is 10.2 Å². The summed E-state index contributed by atoms with van der Waals surface area (Å²) in [6, 6.07) is 17.1. The molecule has 0 aliphatic carbocycles. The van der Waals surface area contributed by atoms with Gasteiger partial charge in [0.1, 0.15) is 6.04 Å². The highest BCUT2D eigenvalue weighted by Gasteiger charge is 2.28. The maximum Gasteiger partial charge on any atom is 0.244 e. The first kappa shape index (κ1) is 15.7. The normalized spacial score (nSPS) is 18.9. The Morgan fingerprint density at radius 2 is 1.96 bits per heavy atom. The summed E-state index contributed by atoms with van der Waals surface area (Å²) in [5.74, 6) is 0.598. The van der Waals surface area contributed by atoms with Gasteiger partial charge in [-0.15, -0.1) is 0 Å². The summed E-state index contributed by atoms with van der Waals surface area (Å²) in [4.78, 5) is 14.5. The summed E-state index contributed by atoms with van der Waals surface area (Å²) in [7, 11) is 0.761. The van der Waals surface area contributed by atoms with Crippen molar-refractivity contribution in [2.45, 2.75) is 23.1 Å². The fourth-order valence-corrected chi connectivity index (χ4v) is 3.83. The number of anilines is 1. The molecule has 2 aromatic carbocycles. The number of hydrogen-bond donors (Lipinski definition) is 1. The van der Waals surface area contributed by atoms with Crippen molar-refractivity contribution >= 4 is 22.4 Å². The topological polar surface area (TPSA) is 49.4 Å². The first-order valence-corrected chi connectivity index (χ1v) is 8.99. The van der Waals surface area contributed by atoms with Crippen LogP contribution in [0.4, 0.5) is 5.69 Å². The molecule has 4 nitrogen and oxygen atoms in total. The predicted molar refractivity (Wildman–Crippen MR) is 92.7 cm³/mol. The molecule has 1 heterocycles. The van der Waals surface area contributed by atoms with Gasteiger partial charge >= 0.3 is 0 Å². The molecule has 1 aliphatic rings. The minimum absolute atomic E-state index is 0.128. The lowest BCUT2D eigenvalue weighted by atomic mass is 10.2. The van der Waals surface area contributed by atoms with Crippen LogP contribution in [0.25, 0.3) is 0 Å². The van der Waals surface area contributed by atoms with Crippen molar-refractivity contribution in [3.05, 3.63) is 60.2 Å². The lowest BCUT2D eigenvalue weighted by Crippen LogP contribution is -2.30. The number of benzene rings is 2. The third kappa shape index (κ3) is 3.79. The molecule has 0 aromatic heterocycles. The molecule has 5 heteroatoms. The van der Waals surface area contributed by atoms with Gasteiger partial charge in [-0.05, 0) is 36.2 Å². The summed E-state index contributed by atoms with van der Waals surface area (Å²) in [6.07, 6.45) is 0.815. The van der Waals surface area contributed by atoms with Crippen molar-refractivity contribution in [3.63, 3.8) is 0 Å². The fourth-order valence-electron chi connectivity index (χ4n) is 2.72. The highest BCUT2D eigenvalue weighted by Crippen LogP contribution is 2.19. The third-order valence-corrected chi connectivity index (χ3v) is 5.39. The van der Waals surface area contributed by atoms with Crippen molar-refractivity contribution in [2.24, 2.45) is 0 Å². The quantitative estimate of drug-likeness (QED) is 0.918. The number of likely N-dealkylation sites (N-methyl/N-ethyl adjacent to an activating group) is 1. The molecule has 0 bridgehead atoms. The molecule has 1 aliphatic heterocycles. The molecule has 1 saturated heterocycles. The number of nitrogens with one attached hydrogen (secondary N) is 1. The van der Waals surface area contributed by atoms with Gasteiger partial charge in [-0.2, -0.15) is 0 Å². The smallest absolute Gasteiger partial charge is 0.244 e. The molecule has 23 heavy (non-hydrogen) atoms. The van der Waals surface area contributed by atoms with E-state index in [0.29, 0.717) is 5.75 Å². The van der Waals surface area contributed by atoms with Gasteiger partial charge in [0.15, 0.2) is 0 Å². The van der Waals surface area contributed by atoms with Crippen LogP contribution in [0.2, 0.25) is 0 Å². The molecule has 0 spiro atoms. The number of amides is 1. The average Bonchev–Trinajstić information content (AvgIpc) is 2.88. The van der Waals surface area contributed by atoms with Crippen molar-refractivity contribution in [2.75, 3.05) is 18.9 Å². The lowest BCUT2D eigenvalue weighted by Gasteiger charge is -2.14. The molecule has 120 valence electrons. The second-order valence-electron chi connectivity index (χ2n) is 5.75. The Balaban J connectivity index is 1.68. The molecule has 1 fully saturated rings. The number of nitrogens with zero attached hydrogens (tertiary/aromatic N) is 1. The Bertz CT molecular complexity index is 718. The van der Waals surface area contributed by atoms with Crippen LogP contribution in [0.15, 0.2) is 59.5 Å².